The Morgan fingerprint density at radius 3 is 2.57 bits per heavy atom. The molecule has 116 valence electrons. The van der Waals surface area contributed by atoms with Crippen LogP contribution in [0.25, 0.3) is 5.69 Å². The zero-order valence-electron chi connectivity index (χ0n) is 12.2. The molecule has 6 heteroatoms. The average molecular weight is 347 g/mol. The van der Waals surface area contributed by atoms with Gasteiger partial charge in [0.05, 0.1) is 10.6 Å². The Kier molecular flexibility index (Phi) is 4.41. The molecular formula is C17H12ClFN2OS. The molecular weight excluding hydrogens is 335 g/mol. The predicted molar refractivity (Wildman–Crippen MR) is 89.7 cm³/mol. The van der Waals surface area contributed by atoms with Crippen LogP contribution >= 0.6 is 22.9 Å². The molecule has 0 aliphatic rings. The first-order chi connectivity index (χ1) is 11.1. The normalized spacial score (nSPS) is 11.7. The van der Waals surface area contributed by atoms with Gasteiger partial charge in [-0.2, -0.15) is 4.99 Å². The maximum Gasteiger partial charge on any atom is 0.281 e. The summed E-state index contributed by atoms with van der Waals surface area (Å²) in [6.07, 6.45) is 0. The van der Waals surface area contributed by atoms with Crippen LogP contribution in [0.1, 0.15) is 16.1 Å². The number of carbonyl (C=O) groups is 1. The third-order valence-corrected chi connectivity index (χ3v) is 4.54. The largest absolute Gasteiger partial charge is 0.290 e. The summed E-state index contributed by atoms with van der Waals surface area (Å²) < 4.78 is 14.9. The van der Waals surface area contributed by atoms with Crippen molar-refractivity contribution in [2.45, 2.75) is 6.92 Å². The molecule has 3 rings (SSSR count). The fraction of sp³-hybridized carbons (Fsp3) is 0.0588. The van der Waals surface area contributed by atoms with E-state index in [0.29, 0.717) is 15.4 Å². The molecule has 1 amide bonds. The van der Waals surface area contributed by atoms with E-state index in [0.717, 1.165) is 11.4 Å². The number of hydrogen-bond acceptors (Lipinski definition) is 2. The molecule has 0 unspecified atom stereocenters. The van der Waals surface area contributed by atoms with Crippen molar-refractivity contribution in [3.8, 4) is 5.69 Å². The highest BCUT2D eigenvalue weighted by Gasteiger charge is 2.10. The lowest BCUT2D eigenvalue weighted by Crippen LogP contribution is -2.16. The fourth-order valence-electron chi connectivity index (χ4n) is 2.16. The van der Waals surface area contributed by atoms with Gasteiger partial charge in [-0.1, -0.05) is 23.7 Å². The Morgan fingerprint density at radius 2 is 1.87 bits per heavy atom. The van der Waals surface area contributed by atoms with Gasteiger partial charge in [-0.25, -0.2) is 4.39 Å². The SMILES string of the molecule is Cc1csc(=NC(=O)c2ccccc2Cl)n1-c1ccc(F)cc1. The molecule has 3 aromatic rings. The summed E-state index contributed by atoms with van der Waals surface area (Å²) in [5.74, 6) is -0.721. The van der Waals surface area contributed by atoms with Crippen LogP contribution < -0.4 is 4.80 Å². The first kappa shape index (κ1) is 15.6. The van der Waals surface area contributed by atoms with Crippen molar-refractivity contribution in [3.05, 3.63) is 80.8 Å². The van der Waals surface area contributed by atoms with Gasteiger partial charge in [0, 0.05) is 16.8 Å². The topological polar surface area (TPSA) is 34.4 Å². The van der Waals surface area contributed by atoms with Crippen LogP contribution in [-0.4, -0.2) is 10.5 Å². The lowest BCUT2D eigenvalue weighted by atomic mass is 10.2. The van der Waals surface area contributed by atoms with Gasteiger partial charge < -0.3 is 0 Å². The zero-order chi connectivity index (χ0) is 16.4. The summed E-state index contributed by atoms with van der Waals surface area (Å²) in [5.41, 5.74) is 2.01. The van der Waals surface area contributed by atoms with Gasteiger partial charge in [-0.15, -0.1) is 11.3 Å². The zero-order valence-corrected chi connectivity index (χ0v) is 13.7. The average Bonchev–Trinajstić information content (AvgIpc) is 2.89. The van der Waals surface area contributed by atoms with E-state index in [9.17, 15) is 9.18 Å². The van der Waals surface area contributed by atoms with Crippen LogP contribution in [0.5, 0.6) is 0 Å². The van der Waals surface area contributed by atoms with Crippen LogP contribution in [0.4, 0.5) is 4.39 Å². The molecule has 0 spiro atoms. The maximum atomic E-state index is 13.1. The van der Waals surface area contributed by atoms with Gasteiger partial charge in [0.1, 0.15) is 5.82 Å². The molecule has 0 N–H and O–H groups in total. The molecule has 1 heterocycles. The first-order valence-electron chi connectivity index (χ1n) is 6.83. The van der Waals surface area contributed by atoms with E-state index < -0.39 is 5.91 Å². The quantitative estimate of drug-likeness (QED) is 0.678. The van der Waals surface area contributed by atoms with Crippen LogP contribution in [0.15, 0.2) is 58.9 Å². The van der Waals surface area contributed by atoms with E-state index in [-0.39, 0.29) is 5.82 Å². The molecule has 23 heavy (non-hydrogen) atoms. The summed E-state index contributed by atoms with van der Waals surface area (Å²) in [4.78, 5) is 17.1. The van der Waals surface area contributed by atoms with Gasteiger partial charge in [0.25, 0.3) is 5.91 Å². The molecule has 2 aromatic carbocycles. The summed E-state index contributed by atoms with van der Waals surface area (Å²) in [6, 6.07) is 12.8. The maximum absolute atomic E-state index is 13.1. The van der Waals surface area contributed by atoms with Crippen molar-refractivity contribution in [3.63, 3.8) is 0 Å². The lowest BCUT2D eigenvalue weighted by Gasteiger charge is -2.05. The lowest BCUT2D eigenvalue weighted by molar-refractivity contribution is 0.0998. The first-order valence-corrected chi connectivity index (χ1v) is 8.08. The number of halogens is 2. The minimum absolute atomic E-state index is 0.312. The van der Waals surface area contributed by atoms with Crippen molar-refractivity contribution < 1.29 is 9.18 Å². The number of amides is 1. The van der Waals surface area contributed by atoms with Crippen molar-refractivity contribution in [2.24, 2.45) is 4.99 Å². The molecule has 0 radical (unpaired) electrons. The highest BCUT2D eigenvalue weighted by molar-refractivity contribution is 7.07. The Bertz CT molecular complexity index is 928. The third kappa shape index (κ3) is 3.25. The molecule has 0 saturated heterocycles. The van der Waals surface area contributed by atoms with E-state index in [1.807, 2.05) is 12.3 Å². The highest BCUT2D eigenvalue weighted by Crippen LogP contribution is 2.16. The summed E-state index contributed by atoms with van der Waals surface area (Å²) in [7, 11) is 0. The van der Waals surface area contributed by atoms with Gasteiger partial charge in [-0.3, -0.25) is 9.36 Å². The molecule has 3 nitrogen and oxygen atoms in total. The second kappa shape index (κ2) is 6.48. The smallest absolute Gasteiger partial charge is 0.281 e. The number of aryl methyl sites for hydroxylation is 1. The molecule has 0 atom stereocenters. The Labute approximate surface area is 141 Å². The van der Waals surface area contributed by atoms with Crippen molar-refractivity contribution >= 4 is 28.8 Å². The standard InChI is InChI=1S/C17H12ClFN2OS/c1-11-10-23-17(21(11)13-8-6-12(19)7-9-13)20-16(22)14-4-2-3-5-15(14)18/h2-10H,1H3. The second-order valence-electron chi connectivity index (χ2n) is 4.87. The number of rotatable bonds is 2. The van der Waals surface area contributed by atoms with E-state index in [4.69, 9.17) is 11.6 Å². The number of hydrogen-bond donors (Lipinski definition) is 0. The minimum Gasteiger partial charge on any atom is -0.290 e. The fourth-order valence-corrected chi connectivity index (χ4v) is 3.24. The van der Waals surface area contributed by atoms with E-state index in [2.05, 4.69) is 4.99 Å². The second-order valence-corrected chi connectivity index (χ2v) is 6.11. The van der Waals surface area contributed by atoms with Crippen molar-refractivity contribution in [2.75, 3.05) is 0 Å². The Balaban J connectivity index is 2.09. The van der Waals surface area contributed by atoms with Crippen molar-refractivity contribution in [1.29, 1.82) is 0 Å². The van der Waals surface area contributed by atoms with Crippen LogP contribution in [-0.2, 0) is 0 Å². The summed E-state index contributed by atoms with van der Waals surface area (Å²) in [6.45, 7) is 1.90. The number of aromatic nitrogens is 1. The minimum atomic E-state index is -0.409. The van der Waals surface area contributed by atoms with Crippen LogP contribution in [0.3, 0.4) is 0 Å². The van der Waals surface area contributed by atoms with Gasteiger partial charge in [0.15, 0.2) is 4.80 Å². The van der Waals surface area contributed by atoms with E-state index in [1.54, 1.807) is 41.0 Å². The predicted octanol–water partition coefficient (Wildman–Crippen LogP) is 4.38. The number of thiazole rings is 1. The number of carbonyl (C=O) groups excluding carboxylic acids is 1. The third-order valence-electron chi connectivity index (χ3n) is 3.27. The monoisotopic (exact) mass is 346 g/mol. The Morgan fingerprint density at radius 1 is 1.17 bits per heavy atom. The van der Waals surface area contributed by atoms with E-state index in [1.165, 1.54) is 23.5 Å². The molecule has 0 saturated carbocycles. The molecule has 0 bridgehead atoms. The molecule has 0 aliphatic carbocycles. The number of nitrogens with zero attached hydrogens (tertiary/aromatic N) is 2. The summed E-state index contributed by atoms with van der Waals surface area (Å²) in [5, 5.41) is 2.25. The van der Waals surface area contributed by atoms with Gasteiger partial charge >= 0.3 is 0 Å². The van der Waals surface area contributed by atoms with Gasteiger partial charge in [0.2, 0.25) is 0 Å². The van der Waals surface area contributed by atoms with Crippen molar-refractivity contribution in [1.82, 2.24) is 4.57 Å². The molecule has 0 aliphatic heterocycles. The highest BCUT2D eigenvalue weighted by atomic mass is 35.5. The number of benzene rings is 2. The summed E-state index contributed by atoms with van der Waals surface area (Å²) >= 11 is 7.38. The van der Waals surface area contributed by atoms with E-state index >= 15 is 0 Å². The van der Waals surface area contributed by atoms with Crippen LogP contribution in [0.2, 0.25) is 5.02 Å². The molecule has 0 fully saturated rings. The Hall–Kier alpha value is -2.24. The van der Waals surface area contributed by atoms with Gasteiger partial charge in [-0.05, 0) is 43.3 Å². The van der Waals surface area contributed by atoms with Crippen LogP contribution in [0, 0.1) is 12.7 Å². The molecule has 1 aromatic heterocycles.